The first-order valence-electron chi connectivity index (χ1n) is 4.04. The Labute approximate surface area is 62.8 Å². The zero-order chi connectivity index (χ0) is 7.56. The highest BCUT2D eigenvalue weighted by atomic mass is 16.3. The SMILES string of the molecule is CN(C)[C@H]1CCC[C@@H](O)C1. The highest BCUT2D eigenvalue weighted by Gasteiger charge is 2.20. The molecule has 1 aliphatic rings. The predicted molar refractivity (Wildman–Crippen MR) is 41.9 cm³/mol. The van der Waals surface area contributed by atoms with E-state index in [1.165, 1.54) is 12.8 Å². The standard InChI is InChI=1S/C8H17NO/c1-9(2)7-4-3-5-8(10)6-7/h7-8,10H,3-6H2,1-2H3/t7-,8+/m0/s1. The third-order valence-corrected chi connectivity index (χ3v) is 2.35. The third kappa shape index (κ3) is 1.96. The van der Waals surface area contributed by atoms with Gasteiger partial charge in [-0.25, -0.2) is 0 Å². The molecule has 2 nitrogen and oxygen atoms in total. The van der Waals surface area contributed by atoms with Gasteiger partial charge in [0.15, 0.2) is 0 Å². The van der Waals surface area contributed by atoms with Crippen molar-refractivity contribution in [3.05, 3.63) is 0 Å². The molecule has 0 amide bonds. The molecule has 2 atom stereocenters. The highest BCUT2D eigenvalue weighted by molar-refractivity contribution is 4.76. The Morgan fingerprint density at radius 2 is 2.00 bits per heavy atom. The van der Waals surface area contributed by atoms with E-state index >= 15 is 0 Å². The summed E-state index contributed by atoms with van der Waals surface area (Å²) in [5.74, 6) is 0. The lowest BCUT2D eigenvalue weighted by molar-refractivity contribution is 0.0820. The smallest absolute Gasteiger partial charge is 0.0555 e. The molecule has 0 unspecified atom stereocenters. The van der Waals surface area contributed by atoms with Crippen LogP contribution in [-0.2, 0) is 0 Å². The Morgan fingerprint density at radius 1 is 1.30 bits per heavy atom. The maximum absolute atomic E-state index is 9.30. The van der Waals surface area contributed by atoms with Crippen LogP contribution in [0.2, 0.25) is 0 Å². The summed E-state index contributed by atoms with van der Waals surface area (Å²) < 4.78 is 0. The molecule has 0 bridgehead atoms. The van der Waals surface area contributed by atoms with Crippen molar-refractivity contribution in [2.45, 2.75) is 37.8 Å². The molecule has 1 N–H and O–H groups in total. The molecule has 0 saturated heterocycles. The van der Waals surface area contributed by atoms with Crippen LogP contribution < -0.4 is 0 Å². The molecule has 60 valence electrons. The average molecular weight is 143 g/mol. The first kappa shape index (κ1) is 8.02. The lowest BCUT2D eigenvalue weighted by atomic mass is 9.92. The van der Waals surface area contributed by atoms with E-state index in [-0.39, 0.29) is 6.10 Å². The van der Waals surface area contributed by atoms with Gasteiger partial charge in [0.05, 0.1) is 6.10 Å². The van der Waals surface area contributed by atoms with Gasteiger partial charge in [-0.2, -0.15) is 0 Å². The summed E-state index contributed by atoms with van der Waals surface area (Å²) in [5.41, 5.74) is 0. The van der Waals surface area contributed by atoms with Crippen LogP contribution in [0.5, 0.6) is 0 Å². The third-order valence-electron chi connectivity index (χ3n) is 2.35. The van der Waals surface area contributed by atoms with Gasteiger partial charge in [-0.3, -0.25) is 0 Å². The van der Waals surface area contributed by atoms with Crippen molar-refractivity contribution in [2.75, 3.05) is 14.1 Å². The zero-order valence-corrected chi connectivity index (χ0v) is 6.88. The molecule has 0 radical (unpaired) electrons. The van der Waals surface area contributed by atoms with Gasteiger partial charge >= 0.3 is 0 Å². The van der Waals surface area contributed by atoms with E-state index in [4.69, 9.17) is 0 Å². The van der Waals surface area contributed by atoms with Crippen molar-refractivity contribution in [1.29, 1.82) is 0 Å². The van der Waals surface area contributed by atoms with Crippen LogP contribution in [0.4, 0.5) is 0 Å². The van der Waals surface area contributed by atoms with E-state index in [1.807, 2.05) is 0 Å². The fourth-order valence-electron chi connectivity index (χ4n) is 1.61. The van der Waals surface area contributed by atoms with Crippen molar-refractivity contribution in [1.82, 2.24) is 4.90 Å². The quantitative estimate of drug-likeness (QED) is 0.588. The summed E-state index contributed by atoms with van der Waals surface area (Å²) in [6, 6.07) is 0.615. The second-order valence-electron chi connectivity index (χ2n) is 3.44. The van der Waals surface area contributed by atoms with Gasteiger partial charge in [0.25, 0.3) is 0 Å². The second kappa shape index (κ2) is 3.35. The molecule has 10 heavy (non-hydrogen) atoms. The first-order valence-corrected chi connectivity index (χ1v) is 4.04. The minimum Gasteiger partial charge on any atom is -0.393 e. The van der Waals surface area contributed by atoms with Gasteiger partial charge in [0.2, 0.25) is 0 Å². The molecule has 1 aliphatic carbocycles. The molecule has 0 spiro atoms. The molecular weight excluding hydrogens is 126 g/mol. The van der Waals surface area contributed by atoms with Crippen LogP contribution in [0.25, 0.3) is 0 Å². The maximum Gasteiger partial charge on any atom is 0.0555 e. The molecule has 0 heterocycles. The summed E-state index contributed by atoms with van der Waals surface area (Å²) >= 11 is 0. The fourth-order valence-corrected chi connectivity index (χ4v) is 1.61. The van der Waals surface area contributed by atoms with Crippen LogP contribution in [0, 0.1) is 0 Å². The fraction of sp³-hybridized carbons (Fsp3) is 1.00. The molecule has 0 aromatic carbocycles. The molecule has 1 fully saturated rings. The Morgan fingerprint density at radius 3 is 2.40 bits per heavy atom. The van der Waals surface area contributed by atoms with Crippen molar-refractivity contribution in [2.24, 2.45) is 0 Å². The number of hydrogen-bond acceptors (Lipinski definition) is 2. The second-order valence-corrected chi connectivity index (χ2v) is 3.44. The molecule has 0 aromatic rings. The van der Waals surface area contributed by atoms with E-state index in [9.17, 15) is 5.11 Å². The Balaban J connectivity index is 2.32. The van der Waals surface area contributed by atoms with Gasteiger partial charge in [-0.15, -0.1) is 0 Å². The molecule has 2 heteroatoms. The van der Waals surface area contributed by atoms with Crippen molar-refractivity contribution in [3.63, 3.8) is 0 Å². The summed E-state index contributed by atoms with van der Waals surface area (Å²) in [7, 11) is 4.17. The number of aliphatic hydroxyl groups is 1. The van der Waals surface area contributed by atoms with E-state index in [0.717, 1.165) is 12.8 Å². The van der Waals surface area contributed by atoms with E-state index in [2.05, 4.69) is 19.0 Å². The predicted octanol–water partition coefficient (Wildman–Crippen LogP) is 0.851. The zero-order valence-electron chi connectivity index (χ0n) is 6.88. The lowest BCUT2D eigenvalue weighted by Gasteiger charge is -2.30. The Bertz CT molecular complexity index is 103. The van der Waals surface area contributed by atoms with E-state index in [1.54, 1.807) is 0 Å². The normalized spacial score (nSPS) is 34.8. The molecule has 0 aromatic heterocycles. The van der Waals surface area contributed by atoms with E-state index < -0.39 is 0 Å². The summed E-state index contributed by atoms with van der Waals surface area (Å²) in [6.45, 7) is 0. The summed E-state index contributed by atoms with van der Waals surface area (Å²) in [4.78, 5) is 2.21. The lowest BCUT2D eigenvalue weighted by Crippen LogP contribution is -2.34. The van der Waals surface area contributed by atoms with Gasteiger partial charge in [-0.1, -0.05) is 0 Å². The molecular formula is C8H17NO. The van der Waals surface area contributed by atoms with Crippen LogP contribution in [0.15, 0.2) is 0 Å². The van der Waals surface area contributed by atoms with Crippen LogP contribution in [-0.4, -0.2) is 36.2 Å². The topological polar surface area (TPSA) is 23.5 Å². The maximum atomic E-state index is 9.30. The van der Waals surface area contributed by atoms with E-state index in [0.29, 0.717) is 6.04 Å². The van der Waals surface area contributed by atoms with Crippen LogP contribution in [0.1, 0.15) is 25.7 Å². The van der Waals surface area contributed by atoms with Gasteiger partial charge < -0.3 is 10.0 Å². The monoisotopic (exact) mass is 143 g/mol. The summed E-state index contributed by atoms with van der Waals surface area (Å²) in [6.07, 6.45) is 4.37. The van der Waals surface area contributed by atoms with Gasteiger partial charge in [0.1, 0.15) is 0 Å². The Hall–Kier alpha value is -0.0800. The minimum atomic E-state index is -0.0406. The number of rotatable bonds is 1. The van der Waals surface area contributed by atoms with Gasteiger partial charge in [0, 0.05) is 6.04 Å². The number of aliphatic hydroxyl groups excluding tert-OH is 1. The van der Waals surface area contributed by atoms with Crippen molar-refractivity contribution in [3.8, 4) is 0 Å². The molecule has 1 saturated carbocycles. The Kier molecular flexibility index (Phi) is 2.69. The highest BCUT2D eigenvalue weighted by Crippen LogP contribution is 2.20. The largest absolute Gasteiger partial charge is 0.393 e. The van der Waals surface area contributed by atoms with Crippen LogP contribution >= 0.6 is 0 Å². The summed E-state index contributed by atoms with van der Waals surface area (Å²) in [5, 5.41) is 9.30. The number of hydrogen-bond donors (Lipinski definition) is 1. The first-order chi connectivity index (χ1) is 4.70. The molecule has 0 aliphatic heterocycles. The minimum absolute atomic E-state index is 0.0406. The van der Waals surface area contributed by atoms with Crippen molar-refractivity contribution >= 4 is 0 Å². The molecule has 1 rings (SSSR count). The van der Waals surface area contributed by atoms with Crippen LogP contribution in [0.3, 0.4) is 0 Å². The number of nitrogens with zero attached hydrogens (tertiary/aromatic N) is 1. The van der Waals surface area contributed by atoms with Gasteiger partial charge in [-0.05, 0) is 39.8 Å². The average Bonchev–Trinajstić information content (AvgIpc) is 1.88. The van der Waals surface area contributed by atoms with Crippen molar-refractivity contribution < 1.29 is 5.11 Å².